The summed E-state index contributed by atoms with van der Waals surface area (Å²) in [6.45, 7) is 4.49. The number of carbonyl (C=O) groups excluding carboxylic acids is 2. The molecule has 0 unspecified atom stereocenters. The second-order valence-corrected chi connectivity index (χ2v) is 6.99. The molecule has 1 aliphatic heterocycles. The van der Waals surface area contributed by atoms with E-state index in [2.05, 4.69) is 5.32 Å². The Bertz CT molecular complexity index is 584. The highest BCUT2D eigenvalue weighted by Gasteiger charge is 2.44. The predicted octanol–water partition coefficient (Wildman–Crippen LogP) is 2.22. The smallest absolute Gasteiger partial charge is 0.224 e. The van der Waals surface area contributed by atoms with Crippen LogP contribution in [0.5, 0.6) is 5.75 Å². The van der Waals surface area contributed by atoms with Gasteiger partial charge in [0, 0.05) is 31.5 Å². The third kappa shape index (κ3) is 4.08. The van der Waals surface area contributed by atoms with Crippen molar-refractivity contribution >= 4 is 11.8 Å². The van der Waals surface area contributed by atoms with Crippen molar-refractivity contribution in [2.45, 2.75) is 32.6 Å². The van der Waals surface area contributed by atoms with Crippen molar-refractivity contribution in [3.8, 4) is 5.75 Å². The van der Waals surface area contributed by atoms with Crippen LogP contribution in [-0.4, -0.2) is 43.0 Å². The molecule has 2 fully saturated rings. The van der Waals surface area contributed by atoms with Crippen molar-refractivity contribution in [3.63, 3.8) is 0 Å². The lowest BCUT2D eigenvalue weighted by molar-refractivity contribution is -0.138. The third-order valence-electron chi connectivity index (χ3n) is 5.14. The van der Waals surface area contributed by atoms with Gasteiger partial charge in [-0.3, -0.25) is 9.59 Å². The quantitative estimate of drug-likeness (QED) is 0.834. The summed E-state index contributed by atoms with van der Waals surface area (Å²) in [4.78, 5) is 25.9. The Hall–Kier alpha value is -2.04. The van der Waals surface area contributed by atoms with E-state index in [-0.39, 0.29) is 23.1 Å². The van der Waals surface area contributed by atoms with Gasteiger partial charge >= 0.3 is 0 Å². The Balaban J connectivity index is 1.45. The number of hydrogen-bond acceptors (Lipinski definition) is 3. The molecule has 0 spiro atoms. The van der Waals surface area contributed by atoms with Crippen LogP contribution in [0.4, 0.5) is 0 Å². The van der Waals surface area contributed by atoms with Gasteiger partial charge in [0.05, 0.1) is 12.5 Å². The van der Waals surface area contributed by atoms with Crippen molar-refractivity contribution < 1.29 is 14.3 Å². The topological polar surface area (TPSA) is 58.6 Å². The summed E-state index contributed by atoms with van der Waals surface area (Å²) in [5, 5.41) is 3.09. The number of carbonyl (C=O) groups is 2. The molecule has 130 valence electrons. The van der Waals surface area contributed by atoms with E-state index in [1.54, 1.807) is 4.90 Å². The molecule has 1 heterocycles. The molecule has 1 saturated heterocycles. The lowest BCUT2D eigenvalue weighted by Crippen LogP contribution is -2.46. The Morgan fingerprint density at radius 3 is 2.75 bits per heavy atom. The number of nitrogens with zero attached hydrogens (tertiary/aromatic N) is 1. The maximum absolute atomic E-state index is 12.4. The van der Waals surface area contributed by atoms with Crippen molar-refractivity contribution in [2.75, 3.05) is 26.2 Å². The molecule has 2 amide bonds. The monoisotopic (exact) mass is 330 g/mol. The fraction of sp³-hybridized carbons (Fsp3) is 0.579. The zero-order valence-corrected chi connectivity index (χ0v) is 14.3. The Morgan fingerprint density at radius 1 is 1.33 bits per heavy atom. The summed E-state index contributed by atoms with van der Waals surface area (Å²) in [7, 11) is 0. The van der Waals surface area contributed by atoms with Gasteiger partial charge in [-0.05, 0) is 38.3 Å². The van der Waals surface area contributed by atoms with Crippen molar-refractivity contribution in [2.24, 2.45) is 11.3 Å². The van der Waals surface area contributed by atoms with Crippen LogP contribution in [0.1, 0.15) is 32.6 Å². The molecule has 1 aliphatic carbocycles. The molecule has 1 saturated carbocycles. The normalized spacial score (nSPS) is 22.1. The molecule has 5 nitrogen and oxygen atoms in total. The zero-order chi connectivity index (χ0) is 17.0. The van der Waals surface area contributed by atoms with Gasteiger partial charge in [0.1, 0.15) is 5.75 Å². The van der Waals surface area contributed by atoms with Gasteiger partial charge in [0.15, 0.2) is 0 Å². The van der Waals surface area contributed by atoms with Gasteiger partial charge < -0.3 is 15.0 Å². The molecule has 1 aromatic carbocycles. The van der Waals surface area contributed by atoms with Crippen LogP contribution >= 0.6 is 0 Å². The Morgan fingerprint density at radius 2 is 2.08 bits per heavy atom. The molecule has 0 aromatic heterocycles. The van der Waals surface area contributed by atoms with Gasteiger partial charge in [0.25, 0.3) is 0 Å². The van der Waals surface area contributed by atoms with E-state index in [9.17, 15) is 9.59 Å². The summed E-state index contributed by atoms with van der Waals surface area (Å²) >= 11 is 0. The van der Waals surface area contributed by atoms with E-state index < -0.39 is 0 Å². The van der Waals surface area contributed by atoms with Crippen molar-refractivity contribution in [1.29, 1.82) is 0 Å². The Kier molecular flexibility index (Phi) is 5.07. The maximum atomic E-state index is 12.4. The highest BCUT2D eigenvalue weighted by molar-refractivity contribution is 5.83. The standard InChI is InChI=1S/C19H26N2O3/c1-2-21-12-15(8-9-17(21)22)18(23)20-13-19(10-11-19)14-24-16-6-4-3-5-7-16/h3-7,15H,2,8-14H2,1H3,(H,20,23)/t15-/m1/s1. The second kappa shape index (κ2) is 7.24. The first-order chi connectivity index (χ1) is 11.6. The van der Waals surface area contributed by atoms with E-state index in [0.29, 0.717) is 39.1 Å². The molecular weight excluding hydrogens is 304 g/mol. The molecule has 1 N–H and O–H groups in total. The van der Waals surface area contributed by atoms with Crippen LogP contribution in [-0.2, 0) is 9.59 Å². The van der Waals surface area contributed by atoms with Crippen LogP contribution in [0, 0.1) is 11.3 Å². The molecule has 0 radical (unpaired) electrons. The molecule has 3 rings (SSSR count). The van der Waals surface area contributed by atoms with Gasteiger partial charge in [-0.25, -0.2) is 0 Å². The number of benzene rings is 1. The van der Waals surface area contributed by atoms with Gasteiger partial charge in [0.2, 0.25) is 11.8 Å². The van der Waals surface area contributed by atoms with Crippen LogP contribution in [0.25, 0.3) is 0 Å². The second-order valence-electron chi connectivity index (χ2n) is 6.99. The first kappa shape index (κ1) is 16.8. The van der Waals surface area contributed by atoms with Crippen LogP contribution < -0.4 is 10.1 Å². The minimum absolute atomic E-state index is 0.0755. The number of amides is 2. The summed E-state index contributed by atoms with van der Waals surface area (Å²) in [5.74, 6) is 1.04. The van der Waals surface area contributed by atoms with Gasteiger partial charge in [-0.1, -0.05) is 18.2 Å². The lowest BCUT2D eigenvalue weighted by Gasteiger charge is -2.31. The fourth-order valence-electron chi connectivity index (χ4n) is 3.16. The van der Waals surface area contributed by atoms with Crippen LogP contribution in [0.15, 0.2) is 30.3 Å². The predicted molar refractivity (Wildman–Crippen MR) is 91.6 cm³/mol. The number of para-hydroxylation sites is 1. The number of nitrogens with one attached hydrogen (secondary N) is 1. The molecule has 2 aliphatic rings. The van der Waals surface area contributed by atoms with Crippen molar-refractivity contribution in [1.82, 2.24) is 10.2 Å². The van der Waals surface area contributed by atoms with E-state index in [0.717, 1.165) is 18.6 Å². The molecule has 1 aromatic rings. The lowest BCUT2D eigenvalue weighted by atomic mass is 9.96. The summed E-state index contributed by atoms with van der Waals surface area (Å²) < 4.78 is 5.86. The summed E-state index contributed by atoms with van der Waals surface area (Å²) in [6, 6.07) is 9.79. The average molecular weight is 330 g/mol. The minimum Gasteiger partial charge on any atom is -0.493 e. The largest absolute Gasteiger partial charge is 0.493 e. The number of piperidine rings is 1. The summed E-state index contributed by atoms with van der Waals surface area (Å²) in [5.41, 5.74) is 0.0838. The third-order valence-corrected chi connectivity index (χ3v) is 5.14. The maximum Gasteiger partial charge on any atom is 0.224 e. The first-order valence-corrected chi connectivity index (χ1v) is 8.85. The number of hydrogen-bond donors (Lipinski definition) is 1. The van der Waals surface area contributed by atoms with E-state index in [1.165, 1.54) is 0 Å². The van der Waals surface area contributed by atoms with E-state index in [4.69, 9.17) is 4.74 Å². The van der Waals surface area contributed by atoms with Crippen LogP contribution in [0.3, 0.4) is 0 Å². The van der Waals surface area contributed by atoms with Crippen LogP contribution in [0.2, 0.25) is 0 Å². The zero-order valence-electron chi connectivity index (χ0n) is 14.3. The first-order valence-electron chi connectivity index (χ1n) is 8.85. The number of likely N-dealkylation sites (tertiary alicyclic amines) is 1. The highest BCUT2D eigenvalue weighted by Crippen LogP contribution is 2.45. The molecule has 1 atom stereocenters. The molecular formula is C19H26N2O3. The molecule has 24 heavy (non-hydrogen) atoms. The Labute approximate surface area is 143 Å². The van der Waals surface area contributed by atoms with Gasteiger partial charge in [-0.2, -0.15) is 0 Å². The van der Waals surface area contributed by atoms with E-state index >= 15 is 0 Å². The average Bonchev–Trinajstić information content (AvgIpc) is 3.40. The van der Waals surface area contributed by atoms with E-state index in [1.807, 2.05) is 37.3 Å². The number of ether oxygens (including phenoxy) is 1. The highest BCUT2D eigenvalue weighted by atomic mass is 16.5. The molecule has 5 heteroatoms. The van der Waals surface area contributed by atoms with Crippen molar-refractivity contribution in [3.05, 3.63) is 30.3 Å². The number of rotatable bonds is 7. The minimum atomic E-state index is -0.0755. The summed E-state index contributed by atoms with van der Waals surface area (Å²) in [6.07, 6.45) is 3.32. The molecule has 0 bridgehead atoms. The fourth-order valence-corrected chi connectivity index (χ4v) is 3.16. The SMILES string of the molecule is CCN1C[C@H](C(=O)NCC2(COc3ccccc3)CC2)CCC1=O. The van der Waals surface area contributed by atoms with Gasteiger partial charge in [-0.15, -0.1) is 0 Å².